The Kier molecular flexibility index (Phi) is 4.26. The molecule has 1 unspecified atom stereocenters. The largest absolute Gasteiger partial charge is 0.465 e. The fourth-order valence-electron chi connectivity index (χ4n) is 4.29. The summed E-state index contributed by atoms with van der Waals surface area (Å²) in [5.74, 6) is 0.908. The number of alkyl carbamates (subject to hydrolysis) is 1. The molecule has 1 aliphatic carbocycles. The van der Waals surface area contributed by atoms with E-state index in [1.54, 1.807) is 19.4 Å². The number of amides is 1. The van der Waals surface area contributed by atoms with E-state index in [0.29, 0.717) is 10.7 Å². The fourth-order valence-corrected chi connectivity index (χ4v) is 6.50. The van der Waals surface area contributed by atoms with E-state index in [-0.39, 0.29) is 11.7 Å². The van der Waals surface area contributed by atoms with Crippen molar-refractivity contribution in [1.29, 1.82) is 0 Å². The minimum absolute atomic E-state index is 0.00219. The summed E-state index contributed by atoms with van der Waals surface area (Å²) >= 11 is 0. The van der Waals surface area contributed by atoms with E-state index in [4.69, 9.17) is 9.15 Å². The van der Waals surface area contributed by atoms with Crippen LogP contribution in [-0.2, 0) is 14.5 Å². The van der Waals surface area contributed by atoms with Crippen molar-refractivity contribution in [1.82, 2.24) is 5.32 Å². The zero-order valence-electron chi connectivity index (χ0n) is 14.6. The summed E-state index contributed by atoms with van der Waals surface area (Å²) in [6, 6.07) is 12.9. The Morgan fingerprint density at radius 1 is 1.27 bits per heavy atom. The van der Waals surface area contributed by atoms with Crippen LogP contribution in [0.15, 0.2) is 62.4 Å². The van der Waals surface area contributed by atoms with Gasteiger partial charge < -0.3 is 14.5 Å². The lowest BCUT2D eigenvalue weighted by molar-refractivity contribution is -0.0129. The molecule has 1 saturated heterocycles. The smallest absolute Gasteiger partial charge is 0.408 e. The molecule has 1 saturated carbocycles. The average molecular weight is 374 g/mol. The highest BCUT2D eigenvalue weighted by molar-refractivity contribution is 7.93. The molecule has 1 aromatic carbocycles. The first-order chi connectivity index (χ1) is 12.6. The highest BCUT2D eigenvalue weighted by Gasteiger charge is 2.55. The Labute approximate surface area is 153 Å². The van der Waals surface area contributed by atoms with Crippen LogP contribution >= 0.6 is 0 Å². The highest BCUT2D eigenvalue weighted by Crippen LogP contribution is 2.48. The SMILES string of the molecule is CN=S(=O)(C[C@]12CCC[C@H]1[C@H](c1ccco1)OC(=O)N2)c1ccccc1. The first kappa shape index (κ1) is 17.1. The first-order valence-corrected chi connectivity index (χ1v) is 10.4. The maximum absolute atomic E-state index is 13.7. The molecule has 138 valence electrons. The Morgan fingerprint density at radius 3 is 2.77 bits per heavy atom. The van der Waals surface area contributed by atoms with Crippen LogP contribution in [-0.4, -0.2) is 28.6 Å². The maximum Gasteiger partial charge on any atom is 0.408 e. The van der Waals surface area contributed by atoms with Crippen molar-refractivity contribution in [2.75, 3.05) is 12.8 Å². The average Bonchev–Trinajstić information content (AvgIpc) is 3.31. The Morgan fingerprint density at radius 2 is 2.08 bits per heavy atom. The third kappa shape index (κ3) is 2.80. The molecule has 4 rings (SSSR count). The molecule has 2 aromatic rings. The van der Waals surface area contributed by atoms with Crippen molar-refractivity contribution >= 4 is 15.8 Å². The lowest BCUT2D eigenvalue weighted by Crippen LogP contribution is -2.61. The van der Waals surface area contributed by atoms with Gasteiger partial charge in [-0.25, -0.2) is 13.4 Å². The van der Waals surface area contributed by atoms with Crippen molar-refractivity contribution in [2.45, 2.75) is 35.8 Å². The molecular formula is C19H22N2O4S. The zero-order chi connectivity index (χ0) is 18.2. The van der Waals surface area contributed by atoms with Gasteiger partial charge >= 0.3 is 6.09 Å². The minimum Gasteiger partial charge on any atom is -0.465 e. The van der Waals surface area contributed by atoms with Gasteiger partial charge in [0, 0.05) is 17.9 Å². The van der Waals surface area contributed by atoms with Gasteiger partial charge in [-0.2, -0.15) is 0 Å². The Hall–Kier alpha value is -2.28. The fraction of sp³-hybridized carbons (Fsp3) is 0.421. The second-order valence-corrected chi connectivity index (χ2v) is 9.31. The van der Waals surface area contributed by atoms with E-state index in [1.165, 1.54) is 0 Å². The normalized spacial score (nSPS) is 30.0. The minimum atomic E-state index is -2.66. The Bertz CT molecular complexity index is 903. The molecule has 0 spiro atoms. The van der Waals surface area contributed by atoms with Gasteiger partial charge in [-0.3, -0.25) is 0 Å². The third-order valence-electron chi connectivity index (χ3n) is 5.48. The van der Waals surface area contributed by atoms with Gasteiger partial charge in [0.1, 0.15) is 5.76 Å². The molecule has 2 heterocycles. The first-order valence-electron chi connectivity index (χ1n) is 8.77. The predicted molar refractivity (Wildman–Crippen MR) is 97.2 cm³/mol. The van der Waals surface area contributed by atoms with E-state index in [9.17, 15) is 9.00 Å². The van der Waals surface area contributed by atoms with Gasteiger partial charge in [0.2, 0.25) is 0 Å². The molecule has 1 aromatic heterocycles. The lowest BCUT2D eigenvalue weighted by Gasteiger charge is -2.43. The summed E-state index contributed by atoms with van der Waals surface area (Å²) < 4.78 is 29.0. The van der Waals surface area contributed by atoms with E-state index in [1.807, 2.05) is 36.4 Å². The molecule has 1 amide bonds. The van der Waals surface area contributed by atoms with Gasteiger partial charge in [0.05, 0.1) is 27.3 Å². The van der Waals surface area contributed by atoms with E-state index in [2.05, 4.69) is 9.68 Å². The second kappa shape index (κ2) is 6.46. The molecule has 2 fully saturated rings. The number of ether oxygens (including phenoxy) is 1. The zero-order valence-corrected chi connectivity index (χ0v) is 15.4. The number of hydrogen-bond donors (Lipinski definition) is 1. The number of nitrogens with one attached hydrogen (secondary N) is 1. The van der Waals surface area contributed by atoms with Gasteiger partial charge in [0.15, 0.2) is 6.10 Å². The molecule has 26 heavy (non-hydrogen) atoms. The van der Waals surface area contributed by atoms with Crippen LogP contribution < -0.4 is 5.32 Å². The lowest BCUT2D eigenvalue weighted by atomic mass is 9.82. The topological polar surface area (TPSA) is 80.9 Å². The molecule has 0 radical (unpaired) electrons. The summed E-state index contributed by atoms with van der Waals surface area (Å²) in [6.45, 7) is 0. The molecular weight excluding hydrogens is 352 g/mol. The summed E-state index contributed by atoms with van der Waals surface area (Å²) in [5, 5.41) is 3.00. The van der Waals surface area contributed by atoms with Crippen LogP contribution in [0, 0.1) is 5.92 Å². The number of carbonyl (C=O) groups is 1. The number of fused-ring (bicyclic) bond motifs is 1. The molecule has 4 atom stereocenters. The third-order valence-corrected chi connectivity index (χ3v) is 7.99. The second-order valence-electron chi connectivity index (χ2n) is 6.90. The van der Waals surface area contributed by atoms with Crippen LogP contribution in [0.2, 0.25) is 0 Å². The standard InChI is InChI=1S/C19H22N2O4S/c1-20-26(23,14-7-3-2-4-8-14)13-19-11-5-9-15(19)17(25-18(22)21-19)16-10-6-12-24-16/h2-4,6-8,10,12,15,17H,5,9,11,13H2,1H3,(H,21,22)/t15-,17+,19+,26?/m0/s1. The van der Waals surface area contributed by atoms with Crippen molar-refractivity contribution in [3.8, 4) is 0 Å². The van der Waals surface area contributed by atoms with Gasteiger partial charge in [-0.1, -0.05) is 24.6 Å². The summed E-state index contributed by atoms with van der Waals surface area (Å²) in [7, 11) is -1.08. The van der Waals surface area contributed by atoms with Crippen LogP contribution in [0.25, 0.3) is 0 Å². The number of hydrogen-bond acceptors (Lipinski definition) is 5. The molecule has 1 aliphatic heterocycles. The van der Waals surface area contributed by atoms with Crippen molar-refractivity contribution in [3.05, 3.63) is 54.5 Å². The van der Waals surface area contributed by atoms with Crippen molar-refractivity contribution in [3.63, 3.8) is 0 Å². The summed E-state index contributed by atoms with van der Waals surface area (Å²) in [6.07, 6.45) is 3.19. The van der Waals surface area contributed by atoms with Gasteiger partial charge in [-0.15, -0.1) is 0 Å². The van der Waals surface area contributed by atoms with Gasteiger partial charge in [-0.05, 0) is 37.1 Å². The molecule has 0 bridgehead atoms. The number of benzene rings is 1. The highest BCUT2D eigenvalue weighted by atomic mass is 32.2. The molecule has 1 N–H and O–H groups in total. The van der Waals surface area contributed by atoms with Crippen LogP contribution in [0.4, 0.5) is 4.79 Å². The summed E-state index contributed by atoms with van der Waals surface area (Å²) in [4.78, 5) is 13.0. The van der Waals surface area contributed by atoms with Gasteiger partial charge in [0.25, 0.3) is 0 Å². The van der Waals surface area contributed by atoms with E-state index >= 15 is 0 Å². The van der Waals surface area contributed by atoms with Crippen LogP contribution in [0.3, 0.4) is 0 Å². The van der Waals surface area contributed by atoms with E-state index in [0.717, 1.165) is 19.3 Å². The van der Waals surface area contributed by atoms with Crippen LogP contribution in [0.5, 0.6) is 0 Å². The summed E-state index contributed by atoms with van der Waals surface area (Å²) in [5.41, 5.74) is -0.612. The number of carbonyl (C=O) groups excluding carboxylic acids is 1. The monoisotopic (exact) mass is 374 g/mol. The number of nitrogens with zero attached hydrogens (tertiary/aromatic N) is 1. The molecule has 2 aliphatic rings. The molecule has 7 heteroatoms. The Balaban J connectivity index is 1.74. The van der Waals surface area contributed by atoms with Crippen molar-refractivity contribution < 1.29 is 18.2 Å². The van der Waals surface area contributed by atoms with E-state index < -0.39 is 27.5 Å². The number of furan rings is 1. The predicted octanol–water partition coefficient (Wildman–Crippen LogP) is 3.76. The number of rotatable bonds is 4. The quantitative estimate of drug-likeness (QED) is 0.884. The van der Waals surface area contributed by atoms with Crippen LogP contribution in [0.1, 0.15) is 31.1 Å². The van der Waals surface area contributed by atoms with Crippen molar-refractivity contribution in [2.24, 2.45) is 10.3 Å². The maximum atomic E-state index is 13.7. The molecule has 6 nitrogen and oxygen atoms in total. The number of cyclic esters (lactones) is 1.